The van der Waals surface area contributed by atoms with E-state index in [4.69, 9.17) is 4.74 Å². The van der Waals surface area contributed by atoms with Gasteiger partial charge in [-0.05, 0) is 98.1 Å². The van der Waals surface area contributed by atoms with E-state index in [1.54, 1.807) is 36.4 Å². The fraction of sp³-hybridized carbons (Fsp3) is 0.273. The number of piperidine rings is 1. The van der Waals surface area contributed by atoms with Crippen molar-refractivity contribution < 1.29 is 22.3 Å². The molecular formula is C33H36FN5O4S. The molecule has 44 heavy (non-hydrogen) atoms. The van der Waals surface area contributed by atoms with E-state index in [0.717, 1.165) is 55.7 Å². The number of carbonyl (C=O) groups excluding carboxylic acids is 1. The zero-order valence-electron chi connectivity index (χ0n) is 24.7. The smallest absolute Gasteiger partial charge is 0.322 e. The van der Waals surface area contributed by atoms with Gasteiger partial charge in [-0.2, -0.15) is 0 Å². The zero-order valence-corrected chi connectivity index (χ0v) is 25.6. The quantitative estimate of drug-likeness (QED) is 0.214. The summed E-state index contributed by atoms with van der Waals surface area (Å²) in [5.74, 6) is 0.936. The molecule has 3 aromatic carbocycles. The van der Waals surface area contributed by atoms with E-state index >= 15 is 0 Å². The lowest BCUT2D eigenvalue weighted by Gasteiger charge is -2.38. The van der Waals surface area contributed by atoms with Crippen LogP contribution in [0.3, 0.4) is 0 Å². The Kier molecular flexibility index (Phi) is 9.76. The van der Waals surface area contributed by atoms with Crippen LogP contribution >= 0.6 is 0 Å². The predicted octanol–water partition coefficient (Wildman–Crippen LogP) is 6.39. The van der Waals surface area contributed by atoms with Crippen LogP contribution in [0, 0.1) is 12.7 Å². The molecule has 2 N–H and O–H groups in total. The number of hydrogen-bond acceptors (Lipinski definition) is 6. The molecule has 2 heterocycles. The van der Waals surface area contributed by atoms with Crippen molar-refractivity contribution in [1.29, 1.82) is 0 Å². The molecule has 0 spiro atoms. The first kappa shape index (κ1) is 31.0. The minimum atomic E-state index is -3.33. The highest BCUT2D eigenvalue weighted by atomic mass is 32.2. The SMILES string of the molecule is Cc1cccc(CN(C(=O)Nc2ccc(F)cc2)C2CCN(Cc3ccc(Oc4ccc(NS(C)(=O)=O)cc4)cc3)CC2)n1. The maximum atomic E-state index is 13.4. The van der Waals surface area contributed by atoms with Gasteiger partial charge in [-0.25, -0.2) is 17.6 Å². The minimum absolute atomic E-state index is 0.0313. The van der Waals surface area contributed by atoms with Crippen LogP contribution in [0.25, 0.3) is 0 Å². The summed E-state index contributed by atoms with van der Waals surface area (Å²) in [5, 5.41) is 2.93. The van der Waals surface area contributed by atoms with Crippen molar-refractivity contribution in [3.8, 4) is 11.5 Å². The van der Waals surface area contributed by atoms with Crippen molar-refractivity contribution in [2.24, 2.45) is 0 Å². The van der Waals surface area contributed by atoms with Crippen LogP contribution < -0.4 is 14.8 Å². The Bertz CT molecular complexity index is 1660. The standard InChI is InChI=1S/C33H36FN5O4S/c1-24-4-3-5-29(35-24)23-39(33(40)36-27-10-8-26(34)9-11-27)30-18-20-38(21-19-30)22-25-6-14-31(15-7-25)43-32-16-12-28(13-17-32)37-44(2,41)42/h3-17,30,37H,18-23H2,1-2H3,(H,36,40). The van der Waals surface area contributed by atoms with E-state index in [2.05, 4.69) is 19.9 Å². The summed E-state index contributed by atoms with van der Waals surface area (Å²) in [6, 6.07) is 26.0. The average molecular weight is 618 g/mol. The zero-order chi connectivity index (χ0) is 31.1. The number of hydrogen-bond donors (Lipinski definition) is 2. The number of ether oxygens (including phenoxy) is 1. The summed E-state index contributed by atoms with van der Waals surface area (Å²) in [6.45, 7) is 4.76. The number of sulfonamides is 1. The number of aromatic nitrogens is 1. The monoisotopic (exact) mass is 617 g/mol. The maximum Gasteiger partial charge on any atom is 0.322 e. The van der Waals surface area contributed by atoms with E-state index in [9.17, 15) is 17.6 Å². The largest absolute Gasteiger partial charge is 0.457 e. The fourth-order valence-electron chi connectivity index (χ4n) is 5.21. The Morgan fingerprint density at radius 3 is 2.16 bits per heavy atom. The minimum Gasteiger partial charge on any atom is -0.457 e. The Morgan fingerprint density at radius 2 is 1.55 bits per heavy atom. The summed E-state index contributed by atoms with van der Waals surface area (Å²) >= 11 is 0. The molecule has 1 saturated heterocycles. The first-order chi connectivity index (χ1) is 21.1. The van der Waals surface area contributed by atoms with Crippen molar-refractivity contribution in [3.05, 3.63) is 114 Å². The molecule has 0 radical (unpaired) electrons. The van der Waals surface area contributed by atoms with E-state index in [0.29, 0.717) is 29.4 Å². The summed E-state index contributed by atoms with van der Waals surface area (Å²) in [5.41, 5.74) is 3.89. The van der Waals surface area contributed by atoms with Gasteiger partial charge in [0.05, 0.1) is 18.5 Å². The number of halogens is 1. The fourth-order valence-corrected chi connectivity index (χ4v) is 5.77. The van der Waals surface area contributed by atoms with Gasteiger partial charge in [-0.3, -0.25) is 14.6 Å². The third-order valence-electron chi connectivity index (χ3n) is 7.36. The third-order valence-corrected chi connectivity index (χ3v) is 7.96. The molecule has 0 atom stereocenters. The van der Waals surface area contributed by atoms with Crippen molar-refractivity contribution in [2.75, 3.05) is 29.4 Å². The third kappa shape index (κ3) is 9.01. The van der Waals surface area contributed by atoms with Crippen molar-refractivity contribution in [3.63, 3.8) is 0 Å². The number of nitrogens with one attached hydrogen (secondary N) is 2. The lowest BCUT2D eigenvalue weighted by atomic mass is 10.0. The van der Waals surface area contributed by atoms with Gasteiger partial charge < -0.3 is 15.0 Å². The second-order valence-electron chi connectivity index (χ2n) is 11.0. The van der Waals surface area contributed by atoms with Crippen LogP contribution in [0.15, 0.2) is 91.0 Å². The van der Waals surface area contributed by atoms with Gasteiger partial charge in [0, 0.05) is 42.7 Å². The highest BCUT2D eigenvalue weighted by molar-refractivity contribution is 7.92. The summed E-state index contributed by atoms with van der Waals surface area (Å²) in [4.78, 5) is 22.3. The van der Waals surface area contributed by atoms with Crippen molar-refractivity contribution in [1.82, 2.24) is 14.8 Å². The Balaban J connectivity index is 1.17. The molecule has 11 heteroatoms. The molecule has 1 aliphatic rings. The van der Waals surface area contributed by atoms with Crippen LogP contribution in [0.2, 0.25) is 0 Å². The predicted molar refractivity (Wildman–Crippen MR) is 170 cm³/mol. The van der Waals surface area contributed by atoms with Gasteiger partial charge in [0.2, 0.25) is 10.0 Å². The van der Waals surface area contributed by atoms with Gasteiger partial charge in [-0.1, -0.05) is 18.2 Å². The topological polar surface area (TPSA) is 104 Å². The first-order valence-corrected chi connectivity index (χ1v) is 16.3. The molecule has 0 unspecified atom stereocenters. The van der Waals surface area contributed by atoms with Gasteiger partial charge >= 0.3 is 6.03 Å². The van der Waals surface area contributed by atoms with E-state index in [1.165, 1.54) is 12.1 Å². The summed E-state index contributed by atoms with van der Waals surface area (Å²) in [7, 11) is -3.33. The summed E-state index contributed by atoms with van der Waals surface area (Å²) in [6.07, 6.45) is 2.74. The van der Waals surface area contributed by atoms with Gasteiger partial charge in [-0.15, -0.1) is 0 Å². The number of likely N-dealkylation sites (tertiary alicyclic amines) is 1. The molecule has 9 nitrogen and oxygen atoms in total. The van der Waals surface area contributed by atoms with Crippen LogP contribution in [-0.2, 0) is 23.1 Å². The number of pyridine rings is 1. The lowest BCUT2D eigenvalue weighted by Crippen LogP contribution is -2.48. The maximum absolute atomic E-state index is 13.4. The van der Waals surface area contributed by atoms with E-state index in [-0.39, 0.29) is 17.9 Å². The molecule has 0 saturated carbocycles. The van der Waals surface area contributed by atoms with Gasteiger partial charge in [0.15, 0.2) is 0 Å². The number of anilines is 2. The molecule has 230 valence electrons. The number of urea groups is 1. The number of aryl methyl sites for hydroxylation is 1. The van der Waals surface area contributed by atoms with Crippen LogP contribution in [0.4, 0.5) is 20.6 Å². The van der Waals surface area contributed by atoms with Crippen LogP contribution in [0.5, 0.6) is 11.5 Å². The molecule has 4 aromatic rings. The normalized spacial score (nSPS) is 14.2. The average Bonchev–Trinajstić information content (AvgIpc) is 2.99. The number of nitrogens with zero attached hydrogens (tertiary/aromatic N) is 3. The van der Waals surface area contributed by atoms with Crippen LogP contribution in [0.1, 0.15) is 29.8 Å². The van der Waals surface area contributed by atoms with E-state index in [1.807, 2.05) is 54.3 Å². The first-order valence-electron chi connectivity index (χ1n) is 14.4. The molecule has 2 amide bonds. The van der Waals surface area contributed by atoms with Crippen molar-refractivity contribution >= 4 is 27.4 Å². The Labute approximate surface area is 257 Å². The molecule has 5 rings (SSSR count). The molecule has 1 fully saturated rings. The van der Waals surface area contributed by atoms with Gasteiger partial charge in [0.25, 0.3) is 0 Å². The molecule has 1 aliphatic heterocycles. The molecular weight excluding hydrogens is 581 g/mol. The Hall–Kier alpha value is -4.48. The second kappa shape index (κ2) is 13.9. The number of carbonyl (C=O) groups is 1. The van der Waals surface area contributed by atoms with E-state index < -0.39 is 10.0 Å². The molecule has 1 aromatic heterocycles. The summed E-state index contributed by atoms with van der Waals surface area (Å²) < 4.78 is 44.5. The lowest BCUT2D eigenvalue weighted by molar-refractivity contribution is 0.119. The number of amides is 2. The highest BCUT2D eigenvalue weighted by Gasteiger charge is 2.29. The van der Waals surface area contributed by atoms with Crippen LogP contribution in [-0.4, -0.2) is 54.6 Å². The Morgan fingerprint density at radius 1 is 0.932 bits per heavy atom. The van der Waals surface area contributed by atoms with Crippen molar-refractivity contribution in [2.45, 2.75) is 38.9 Å². The second-order valence-corrected chi connectivity index (χ2v) is 12.7. The highest BCUT2D eigenvalue weighted by Crippen LogP contribution is 2.26. The number of benzene rings is 3. The number of rotatable bonds is 10. The van der Waals surface area contributed by atoms with Gasteiger partial charge in [0.1, 0.15) is 17.3 Å². The molecule has 0 bridgehead atoms. The molecule has 0 aliphatic carbocycles.